The van der Waals surface area contributed by atoms with Crippen molar-refractivity contribution in [3.05, 3.63) is 64.7 Å². The fourth-order valence-corrected chi connectivity index (χ4v) is 3.05. The lowest BCUT2D eigenvalue weighted by atomic mass is 10.1. The number of para-hydroxylation sites is 1. The van der Waals surface area contributed by atoms with Gasteiger partial charge in [0.1, 0.15) is 0 Å². The molecule has 0 saturated carbocycles. The molecule has 0 bridgehead atoms. The van der Waals surface area contributed by atoms with Crippen LogP contribution in [0.4, 0.5) is 5.69 Å². The van der Waals surface area contributed by atoms with Gasteiger partial charge in [0.05, 0.1) is 13.1 Å². The Kier molecular flexibility index (Phi) is 7.82. The minimum atomic E-state index is -0.217. The maximum Gasteiger partial charge on any atom is 0.243 e. The van der Waals surface area contributed by atoms with E-state index in [0.29, 0.717) is 5.02 Å². The van der Waals surface area contributed by atoms with Gasteiger partial charge in [0.15, 0.2) is 0 Å². The molecule has 6 heteroatoms. The summed E-state index contributed by atoms with van der Waals surface area (Å²) in [4.78, 5) is 26.0. The third-order valence-corrected chi connectivity index (χ3v) is 4.75. The number of carbonyl (C=O) groups excluding carboxylic acids is 2. The van der Waals surface area contributed by atoms with Crippen LogP contribution >= 0.6 is 11.6 Å². The molecule has 0 saturated heterocycles. The van der Waals surface area contributed by atoms with Gasteiger partial charge in [-0.3, -0.25) is 9.59 Å². The van der Waals surface area contributed by atoms with Crippen LogP contribution in [0.3, 0.4) is 0 Å². The lowest BCUT2D eigenvalue weighted by Gasteiger charge is -2.20. The Morgan fingerprint density at radius 2 is 1.78 bits per heavy atom. The van der Waals surface area contributed by atoms with E-state index >= 15 is 0 Å². The highest BCUT2D eigenvalue weighted by Crippen LogP contribution is 2.21. The third-order valence-electron chi connectivity index (χ3n) is 4.41. The Hall–Kier alpha value is -2.37. The summed E-state index contributed by atoms with van der Waals surface area (Å²) < 4.78 is 0. The normalized spacial score (nSPS) is 11.7. The molecule has 0 spiro atoms. The van der Waals surface area contributed by atoms with Gasteiger partial charge < -0.3 is 15.5 Å². The lowest BCUT2D eigenvalue weighted by molar-refractivity contribution is -0.132. The van der Waals surface area contributed by atoms with Crippen molar-refractivity contribution in [1.82, 2.24) is 10.2 Å². The lowest BCUT2D eigenvalue weighted by Crippen LogP contribution is -2.40. The molecular formula is C21H26ClN3O2. The van der Waals surface area contributed by atoms with Gasteiger partial charge in [-0.15, -0.1) is 0 Å². The Morgan fingerprint density at radius 1 is 1.11 bits per heavy atom. The van der Waals surface area contributed by atoms with Crippen LogP contribution in [0.1, 0.15) is 31.0 Å². The van der Waals surface area contributed by atoms with Gasteiger partial charge in [0.25, 0.3) is 0 Å². The monoisotopic (exact) mass is 387 g/mol. The van der Waals surface area contributed by atoms with Gasteiger partial charge >= 0.3 is 0 Å². The molecule has 2 amide bonds. The first kappa shape index (κ1) is 20.9. The molecule has 2 aromatic rings. The smallest absolute Gasteiger partial charge is 0.243 e. The number of amides is 2. The predicted octanol–water partition coefficient (Wildman–Crippen LogP) is 3.65. The molecule has 2 aromatic carbocycles. The van der Waals surface area contributed by atoms with E-state index < -0.39 is 0 Å². The zero-order valence-corrected chi connectivity index (χ0v) is 16.7. The van der Waals surface area contributed by atoms with Crippen molar-refractivity contribution in [3.63, 3.8) is 0 Å². The highest BCUT2D eigenvalue weighted by Gasteiger charge is 2.16. The molecule has 0 aliphatic rings. The number of carbonyl (C=O) groups is 2. The number of rotatable bonds is 8. The second-order valence-electron chi connectivity index (χ2n) is 6.43. The Bertz CT molecular complexity index is 795. The van der Waals surface area contributed by atoms with Gasteiger partial charge in [-0.2, -0.15) is 0 Å². The Morgan fingerprint density at radius 3 is 2.48 bits per heavy atom. The molecule has 27 heavy (non-hydrogen) atoms. The van der Waals surface area contributed by atoms with E-state index in [0.717, 1.165) is 23.2 Å². The van der Waals surface area contributed by atoms with Crippen molar-refractivity contribution in [2.75, 3.05) is 25.5 Å². The summed E-state index contributed by atoms with van der Waals surface area (Å²) in [7, 11) is 1.62. The van der Waals surface area contributed by atoms with Crippen molar-refractivity contribution >= 4 is 29.1 Å². The van der Waals surface area contributed by atoms with Crippen molar-refractivity contribution in [2.24, 2.45) is 0 Å². The number of hydrogen-bond donors (Lipinski definition) is 2. The maximum atomic E-state index is 12.3. The summed E-state index contributed by atoms with van der Waals surface area (Å²) in [6.07, 6.45) is 0.828. The number of aryl methyl sites for hydroxylation is 1. The van der Waals surface area contributed by atoms with Gasteiger partial charge in [0, 0.05) is 23.8 Å². The van der Waals surface area contributed by atoms with E-state index in [2.05, 4.69) is 10.6 Å². The number of benzene rings is 2. The van der Waals surface area contributed by atoms with E-state index in [-0.39, 0.29) is 30.9 Å². The Balaban J connectivity index is 1.84. The largest absolute Gasteiger partial charge is 0.335 e. The molecule has 0 fully saturated rings. The Labute approximate surface area is 165 Å². The summed E-state index contributed by atoms with van der Waals surface area (Å²) in [5, 5.41) is 6.69. The SMILES string of the molecule is CCc1ccccc1NC(=O)CN(C)C(=O)CN[C@@H](C)c1ccccc1Cl. The van der Waals surface area contributed by atoms with Gasteiger partial charge in [-0.25, -0.2) is 0 Å². The number of nitrogens with zero attached hydrogens (tertiary/aromatic N) is 1. The van der Waals surface area contributed by atoms with E-state index in [1.165, 1.54) is 4.90 Å². The first-order valence-electron chi connectivity index (χ1n) is 9.02. The fourth-order valence-electron chi connectivity index (χ4n) is 2.76. The molecule has 5 nitrogen and oxygen atoms in total. The average Bonchev–Trinajstić information content (AvgIpc) is 2.66. The minimum Gasteiger partial charge on any atom is -0.335 e. The van der Waals surface area contributed by atoms with Crippen LogP contribution in [0.25, 0.3) is 0 Å². The minimum absolute atomic E-state index is 0.000956. The van der Waals surface area contributed by atoms with Crippen LogP contribution in [-0.4, -0.2) is 36.9 Å². The van der Waals surface area contributed by atoms with Crippen molar-refractivity contribution in [2.45, 2.75) is 26.3 Å². The zero-order chi connectivity index (χ0) is 19.8. The number of nitrogens with one attached hydrogen (secondary N) is 2. The number of anilines is 1. The topological polar surface area (TPSA) is 61.4 Å². The average molecular weight is 388 g/mol. The van der Waals surface area contributed by atoms with E-state index in [4.69, 9.17) is 11.6 Å². The number of likely N-dealkylation sites (N-methyl/N-ethyl adjacent to an activating group) is 1. The van der Waals surface area contributed by atoms with Crippen LogP contribution in [0.2, 0.25) is 5.02 Å². The summed E-state index contributed by atoms with van der Waals surface area (Å²) in [6, 6.07) is 15.1. The van der Waals surface area contributed by atoms with Crippen molar-refractivity contribution in [3.8, 4) is 0 Å². The first-order chi connectivity index (χ1) is 12.9. The quantitative estimate of drug-likeness (QED) is 0.726. The summed E-state index contributed by atoms with van der Waals surface area (Å²) in [5.41, 5.74) is 2.79. The molecule has 0 heterocycles. The maximum absolute atomic E-state index is 12.3. The second kappa shape index (κ2) is 10.1. The molecule has 0 radical (unpaired) electrons. The fraction of sp³-hybridized carbons (Fsp3) is 0.333. The molecule has 144 valence electrons. The molecule has 0 aliphatic carbocycles. The number of halogens is 1. The van der Waals surface area contributed by atoms with E-state index in [9.17, 15) is 9.59 Å². The molecule has 1 atom stereocenters. The third kappa shape index (κ3) is 6.08. The highest BCUT2D eigenvalue weighted by molar-refractivity contribution is 6.31. The summed E-state index contributed by atoms with van der Waals surface area (Å²) >= 11 is 6.18. The molecule has 0 unspecified atom stereocenters. The first-order valence-corrected chi connectivity index (χ1v) is 9.39. The van der Waals surface area contributed by atoms with Crippen molar-refractivity contribution < 1.29 is 9.59 Å². The van der Waals surface area contributed by atoms with Gasteiger partial charge in [-0.05, 0) is 36.6 Å². The molecular weight excluding hydrogens is 362 g/mol. The van der Waals surface area contributed by atoms with Crippen LogP contribution in [-0.2, 0) is 16.0 Å². The summed E-state index contributed by atoms with van der Waals surface area (Å²) in [6.45, 7) is 4.11. The predicted molar refractivity (Wildman–Crippen MR) is 110 cm³/mol. The van der Waals surface area contributed by atoms with Crippen LogP contribution < -0.4 is 10.6 Å². The van der Waals surface area contributed by atoms with Crippen LogP contribution in [0.15, 0.2) is 48.5 Å². The number of hydrogen-bond acceptors (Lipinski definition) is 3. The summed E-state index contributed by atoms with van der Waals surface area (Å²) in [5.74, 6) is -0.376. The van der Waals surface area contributed by atoms with Crippen LogP contribution in [0.5, 0.6) is 0 Å². The molecule has 0 aliphatic heterocycles. The molecule has 2 rings (SSSR count). The molecule has 2 N–H and O–H groups in total. The van der Waals surface area contributed by atoms with E-state index in [1.54, 1.807) is 7.05 Å². The molecule has 0 aromatic heterocycles. The standard InChI is InChI=1S/C21H26ClN3O2/c1-4-16-9-5-8-12-19(16)24-20(26)14-25(3)21(27)13-23-15(2)17-10-6-7-11-18(17)22/h5-12,15,23H,4,13-14H2,1-3H3,(H,24,26)/t15-/m0/s1. The van der Waals surface area contributed by atoms with E-state index in [1.807, 2.05) is 62.4 Å². The highest BCUT2D eigenvalue weighted by atomic mass is 35.5. The van der Waals surface area contributed by atoms with Crippen molar-refractivity contribution in [1.29, 1.82) is 0 Å². The van der Waals surface area contributed by atoms with Gasteiger partial charge in [0.2, 0.25) is 11.8 Å². The zero-order valence-electron chi connectivity index (χ0n) is 16.0. The van der Waals surface area contributed by atoms with Gasteiger partial charge in [-0.1, -0.05) is 54.9 Å². The second-order valence-corrected chi connectivity index (χ2v) is 6.84. The van der Waals surface area contributed by atoms with Crippen LogP contribution in [0, 0.1) is 0 Å².